The molecule has 0 spiro atoms. The predicted molar refractivity (Wildman–Crippen MR) is 139 cm³/mol. The van der Waals surface area contributed by atoms with E-state index in [0.717, 1.165) is 52.3 Å². The first-order chi connectivity index (χ1) is 17.0. The number of hydrogen-bond acceptors (Lipinski definition) is 7. The molecule has 0 aliphatic carbocycles. The highest BCUT2D eigenvalue weighted by molar-refractivity contribution is 7.90. The second-order valence-electron chi connectivity index (χ2n) is 9.21. The van der Waals surface area contributed by atoms with Crippen molar-refractivity contribution >= 4 is 28.1 Å². The Balaban J connectivity index is 1.51. The molecule has 0 radical (unpaired) electrons. The average molecular weight is 491 g/mol. The van der Waals surface area contributed by atoms with Crippen molar-refractivity contribution in [2.24, 2.45) is 0 Å². The van der Waals surface area contributed by atoms with E-state index in [2.05, 4.69) is 20.8 Å². The normalized spacial score (nSPS) is 17.9. The highest BCUT2D eigenvalue weighted by Crippen LogP contribution is 2.34. The van der Waals surface area contributed by atoms with Gasteiger partial charge in [0.2, 0.25) is 0 Å². The number of β-amino-alcohol motifs (C(OH)–C–C–N with tert-alkyl or cyclic N) is 1. The summed E-state index contributed by atoms with van der Waals surface area (Å²) >= 11 is -1.24. The number of fused-ring (bicyclic) bond motifs is 1. The molecule has 7 nitrogen and oxygen atoms in total. The third-order valence-corrected chi connectivity index (χ3v) is 7.72. The SMILES string of the molecule is CC(C)[S+]([O-])N[C@@H](Cc1cccc(N2CC[C@@H](O)C2)n1)c1ccccc1-c1noc2ccccc12. The second-order valence-corrected chi connectivity index (χ2v) is 11.0. The molecule has 1 aliphatic rings. The van der Waals surface area contributed by atoms with Crippen molar-refractivity contribution in [2.75, 3.05) is 18.0 Å². The molecular weight excluding hydrogens is 460 g/mol. The van der Waals surface area contributed by atoms with Crippen LogP contribution >= 0.6 is 0 Å². The lowest BCUT2D eigenvalue weighted by Crippen LogP contribution is -2.35. The quantitative estimate of drug-likeness (QED) is 0.353. The fourth-order valence-corrected chi connectivity index (χ4v) is 5.27. The third kappa shape index (κ3) is 5.21. The first-order valence-corrected chi connectivity index (χ1v) is 13.2. The minimum absolute atomic E-state index is 0.0390. The number of para-hydroxylation sites is 1. The van der Waals surface area contributed by atoms with Gasteiger partial charge in [0, 0.05) is 47.5 Å². The molecule has 3 atom stereocenters. The Morgan fingerprint density at radius 3 is 2.71 bits per heavy atom. The lowest BCUT2D eigenvalue weighted by atomic mass is 9.94. The first-order valence-electron chi connectivity index (χ1n) is 12.0. The van der Waals surface area contributed by atoms with E-state index in [1.807, 2.05) is 74.5 Å². The Hall–Kier alpha value is -2.91. The number of aliphatic hydroxyl groups is 1. The van der Waals surface area contributed by atoms with Gasteiger partial charge in [0.1, 0.15) is 16.8 Å². The van der Waals surface area contributed by atoms with E-state index in [-0.39, 0.29) is 17.4 Å². The number of rotatable bonds is 8. The average Bonchev–Trinajstić information content (AvgIpc) is 3.50. The number of nitrogens with one attached hydrogen (secondary N) is 1. The highest BCUT2D eigenvalue weighted by atomic mass is 32.2. The number of pyridine rings is 1. The molecule has 4 aromatic rings. The lowest BCUT2D eigenvalue weighted by Gasteiger charge is -2.24. The van der Waals surface area contributed by atoms with Gasteiger partial charge in [-0.2, -0.15) is 0 Å². The first kappa shape index (κ1) is 23.8. The molecule has 1 fully saturated rings. The summed E-state index contributed by atoms with van der Waals surface area (Å²) in [5.41, 5.74) is 4.32. The zero-order valence-corrected chi connectivity index (χ0v) is 20.7. The maximum absolute atomic E-state index is 12.9. The number of nitrogens with zero attached hydrogens (tertiary/aromatic N) is 3. The lowest BCUT2D eigenvalue weighted by molar-refractivity contribution is 0.198. The van der Waals surface area contributed by atoms with Crippen LogP contribution in [0.25, 0.3) is 22.2 Å². The fraction of sp³-hybridized carbons (Fsp3) is 0.333. The van der Waals surface area contributed by atoms with Crippen molar-refractivity contribution in [3.05, 3.63) is 78.0 Å². The summed E-state index contributed by atoms with van der Waals surface area (Å²) in [5, 5.41) is 15.2. The molecule has 35 heavy (non-hydrogen) atoms. The van der Waals surface area contributed by atoms with Crippen molar-refractivity contribution < 1.29 is 14.2 Å². The summed E-state index contributed by atoms with van der Waals surface area (Å²) in [4.78, 5) is 7.00. The largest absolute Gasteiger partial charge is 0.598 e. The number of hydrogen-bond donors (Lipinski definition) is 2. The van der Waals surface area contributed by atoms with Crippen LogP contribution in [0.2, 0.25) is 0 Å². The Kier molecular flexibility index (Phi) is 7.06. The molecule has 0 bridgehead atoms. The van der Waals surface area contributed by atoms with E-state index in [9.17, 15) is 9.66 Å². The van der Waals surface area contributed by atoms with Crippen LogP contribution in [0.15, 0.2) is 71.3 Å². The second kappa shape index (κ2) is 10.4. The van der Waals surface area contributed by atoms with Crippen LogP contribution in [0.3, 0.4) is 0 Å². The topological polar surface area (TPSA) is 97.5 Å². The van der Waals surface area contributed by atoms with E-state index >= 15 is 0 Å². The summed E-state index contributed by atoms with van der Waals surface area (Å²) in [7, 11) is 0. The van der Waals surface area contributed by atoms with Crippen LogP contribution in [-0.4, -0.2) is 44.2 Å². The number of aliphatic hydroxyl groups excluding tert-OH is 1. The molecule has 8 heteroatoms. The molecule has 2 aromatic heterocycles. The summed E-state index contributed by atoms with van der Waals surface area (Å²) in [5.74, 6) is 0.860. The van der Waals surface area contributed by atoms with Gasteiger partial charge < -0.3 is 19.1 Å². The van der Waals surface area contributed by atoms with Gasteiger partial charge in [0.05, 0.1) is 12.1 Å². The van der Waals surface area contributed by atoms with Crippen LogP contribution in [0.4, 0.5) is 5.82 Å². The number of anilines is 1. The Morgan fingerprint density at radius 2 is 1.91 bits per heavy atom. The van der Waals surface area contributed by atoms with Gasteiger partial charge >= 0.3 is 0 Å². The summed E-state index contributed by atoms with van der Waals surface area (Å²) in [6, 6.07) is 21.6. The monoisotopic (exact) mass is 490 g/mol. The molecule has 0 amide bonds. The Morgan fingerprint density at radius 1 is 1.11 bits per heavy atom. The standard InChI is InChI=1S/C27H30N4O3S/c1-18(2)35(33)30-24(16-19-8-7-13-26(28-19)31-15-14-20(32)17-31)21-9-3-4-10-22(21)27-23-11-5-6-12-25(23)34-29-27/h3-13,18,20,24,30,32H,14-17H2,1-2H3/t20-,24+,35?/m1/s1. The summed E-state index contributed by atoms with van der Waals surface area (Å²) in [6.45, 7) is 5.26. The third-order valence-electron chi connectivity index (χ3n) is 6.35. The van der Waals surface area contributed by atoms with Gasteiger partial charge in [0.25, 0.3) is 0 Å². The zero-order valence-electron chi connectivity index (χ0n) is 19.9. The Bertz CT molecular complexity index is 1290. The van der Waals surface area contributed by atoms with E-state index < -0.39 is 11.4 Å². The molecule has 5 rings (SSSR count). The molecule has 1 saturated heterocycles. The van der Waals surface area contributed by atoms with Crippen molar-refractivity contribution in [2.45, 2.75) is 44.1 Å². The van der Waals surface area contributed by atoms with Crippen molar-refractivity contribution in [3.63, 3.8) is 0 Å². The minimum atomic E-state index is -1.24. The van der Waals surface area contributed by atoms with E-state index in [0.29, 0.717) is 13.0 Å². The van der Waals surface area contributed by atoms with Crippen LogP contribution in [0, 0.1) is 0 Å². The smallest absolute Gasteiger partial charge is 0.167 e. The van der Waals surface area contributed by atoms with Gasteiger partial charge in [-0.1, -0.05) is 47.6 Å². The van der Waals surface area contributed by atoms with Gasteiger partial charge in [-0.25, -0.2) is 4.98 Å². The molecule has 0 saturated carbocycles. The van der Waals surface area contributed by atoms with Crippen LogP contribution in [0.5, 0.6) is 0 Å². The van der Waals surface area contributed by atoms with E-state index in [1.54, 1.807) is 0 Å². The number of benzene rings is 2. The Labute approximate surface area is 208 Å². The molecule has 2 aromatic carbocycles. The van der Waals surface area contributed by atoms with E-state index in [4.69, 9.17) is 9.51 Å². The molecule has 2 N–H and O–H groups in total. The number of aromatic nitrogens is 2. The molecule has 3 heterocycles. The highest BCUT2D eigenvalue weighted by Gasteiger charge is 2.27. The molecule has 1 aliphatic heterocycles. The fourth-order valence-electron chi connectivity index (χ4n) is 4.50. The van der Waals surface area contributed by atoms with Crippen LogP contribution in [0.1, 0.15) is 37.6 Å². The van der Waals surface area contributed by atoms with E-state index in [1.165, 1.54) is 0 Å². The molecule has 182 valence electrons. The maximum Gasteiger partial charge on any atom is 0.167 e. The van der Waals surface area contributed by atoms with Crippen LogP contribution < -0.4 is 9.62 Å². The predicted octanol–water partition coefficient (Wildman–Crippen LogP) is 4.41. The van der Waals surface area contributed by atoms with Gasteiger partial charge in [-0.15, -0.1) is 4.72 Å². The minimum Gasteiger partial charge on any atom is -0.598 e. The van der Waals surface area contributed by atoms with Crippen molar-refractivity contribution in [1.29, 1.82) is 0 Å². The summed E-state index contributed by atoms with van der Waals surface area (Å²) in [6.07, 6.45) is 0.991. The zero-order chi connectivity index (χ0) is 24.4. The molecule has 1 unspecified atom stereocenters. The van der Waals surface area contributed by atoms with Gasteiger partial charge in [-0.3, -0.25) is 0 Å². The van der Waals surface area contributed by atoms with Crippen LogP contribution in [-0.2, 0) is 17.8 Å². The van der Waals surface area contributed by atoms with Gasteiger partial charge in [-0.05, 0) is 50.1 Å². The molecular formula is C27H30N4O3S. The van der Waals surface area contributed by atoms with Gasteiger partial charge in [0.15, 0.2) is 5.58 Å². The van der Waals surface area contributed by atoms with Crippen molar-refractivity contribution in [1.82, 2.24) is 14.9 Å². The van der Waals surface area contributed by atoms with Crippen molar-refractivity contribution in [3.8, 4) is 11.3 Å². The maximum atomic E-state index is 12.9. The summed E-state index contributed by atoms with van der Waals surface area (Å²) < 4.78 is 21.9.